The first-order valence-corrected chi connectivity index (χ1v) is 8.76. The molecule has 0 spiro atoms. The standard InChI is InChI=1S/C10H20N2O3S2/c1-8(3-4-11)10(13)12-5-6-16-7-9(12)17(2,14)15/h8-9H,3-7,11H2,1-2H3. The van der Waals surface area contributed by atoms with Crippen molar-refractivity contribution in [1.29, 1.82) is 0 Å². The minimum absolute atomic E-state index is 0.0915. The Bertz CT molecular complexity index is 370. The minimum Gasteiger partial charge on any atom is -0.330 e. The highest BCUT2D eigenvalue weighted by molar-refractivity contribution is 8.00. The van der Waals surface area contributed by atoms with Crippen molar-refractivity contribution in [2.24, 2.45) is 11.7 Å². The van der Waals surface area contributed by atoms with E-state index in [-0.39, 0.29) is 11.8 Å². The van der Waals surface area contributed by atoms with Gasteiger partial charge < -0.3 is 10.6 Å². The molecule has 2 N–H and O–H groups in total. The Hall–Kier alpha value is -0.270. The molecule has 7 heteroatoms. The first-order valence-electron chi connectivity index (χ1n) is 5.65. The van der Waals surface area contributed by atoms with Gasteiger partial charge in [-0.3, -0.25) is 4.79 Å². The predicted octanol–water partition coefficient (Wildman–Crippen LogP) is -0.0826. The van der Waals surface area contributed by atoms with Gasteiger partial charge in [0.2, 0.25) is 5.91 Å². The normalized spacial score (nSPS) is 23.5. The van der Waals surface area contributed by atoms with Crippen LogP contribution in [0.15, 0.2) is 0 Å². The van der Waals surface area contributed by atoms with E-state index < -0.39 is 15.2 Å². The lowest BCUT2D eigenvalue weighted by Crippen LogP contribution is -2.51. The van der Waals surface area contributed by atoms with Gasteiger partial charge in [-0.1, -0.05) is 6.92 Å². The number of carbonyl (C=O) groups excluding carboxylic acids is 1. The molecule has 1 heterocycles. The van der Waals surface area contributed by atoms with Gasteiger partial charge in [0.25, 0.3) is 0 Å². The average Bonchev–Trinajstić information content (AvgIpc) is 2.27. The number of thioether (sulfide) groups is 1. The lowest BCUT2D eigenvalue weighted by molar-refractivity contribution is -0.135. The van der Waals surface area contributed by atoms with E-state index >= 15 is 0 Å². The number of hydrogen-bond donors (Lipinski definition) is 1. The summed E-state index contributed by atoms with van der Waals surface area (Å²) in [6.07, 6.45) is 1.79. The Morgan fingerprint density at radius 2 is 2.24 bits per heavy atom. The summed E-state index contributed by atoms with van der Waals surface area (Å²) in [5.41, 5.74) is 5.42. The number of hydrogen-bond acceptors (Lipinski definition) is 5. The summed E-state index contributed by atoms with van der Waals surface area (Å²) in [4.78, 5) is 13.6. The average molecular weight is 280 g/mol. The van der Waals surface area contributed by atoms with Crippen LogP contribution in [0.25, 0.3) is 0 Å². The first kappa shape index (κ1) is 14.8. The van der Waals surface area contributed by atoms with E-state index in [0.29, 0.717) is 25.3 Å². The van der Waals surface area contributed by atoms with Crippen LogP contribution < -0.4 is 5.73 Å². The van der Waals surface area contributed by atoms with Crippen LogP contribution in [-0.4, -0.2) is 55.4 Å². The third kappa shape index (κ3) is 3.86. The largest absolute Gasteiger partial charge is 0.330 e. The number of carbonyl (C=O) groups is 1. The Labute approximate surface area is 107 Å². The molecule has 1 fully saturated rings. The quantitative estimate of drug-likeness (QED) is 0.779. The molecule has 1 aliphatic heterocycles. The molecule has 0 saturated carbocycles. The second-order valence-corrected chi connectivity index (χ2v) is 7.72. The second-order valence-electron chi connectivity index (χ2n) is 4.37. The number of sulfone groups is 1. The van der Waals surface area contributed by atoms with Gasteiger partial charge in [0, 0.05) is 30.2 Å². The van der Waals surface area contributed by atoms with Crippen molar-refractivity contribution >= 4 is 27.5 Å². The zero-order valence-corrected chi connectivity index (χ0v) is 11.9. The SMILES string of the molecule is CC(CCN)C(=O)N1CCSCC1S(C)(=O)=O. The highest BCUT2D eigenvalue weighted by Gasteiger charge is 2.35. The lowest BCUT2D eigenvalue weighted by atomic mass is 10.1. The second kappa shape index (κ2) is 6.06. The van der Waals surface area contributed by atoms with Crippen LogP contribution in [0.4, 0.5) is 0 Å². The minimum atomic E-state index is -3.22. The number of nitrogens with two attached hydrogens (primary N) is 1. The monoisotopic (exact) mass is 280 g/mol. The van der Waals surface area contributed by atoms with E-state index in [2.05, 4.69) is 0 Å². The van der Waals surface area contributed by atoms with Crippen LogP contribution in [0.3, 0.4) is 0 Å². The third-order valence-electron chi connectivity index (χ3n) is 2.88. The highest BCUT2D eigenvalue weighted by atomic mass is 32.2. The van der Waals surface area contributed by atoms with Crippen molar-refractivity contribution in [2.75, 3.05) is 30.9 Å². The molecule has 0 radical (unpaired) electrons. The number of amides is 1. The molecule has 0 aromatic rings. The molecule has 1 aliphatic rings. The Morgan fingerprint density at radius 3 is 2.76 bits per heavy atom. The maximum Gasteiger partial charge on any atom is 0.226 e. The lowest BCUT2D eigenvalue weighted by Gasteiger charge is -2.35. The topological polar surface area (TPSA) is 80.5 Å². The summed E-state index contributed by atoms with van der Waals surface area (Å²) in [5.74, 6) is 0.978. The molecule has 1 rings (SSSR count). The predicted molar refractivity (Wildman–Crippen MR) is 70.5 cm³/mol. The van der Waals surface area contributed by atoms with Crippen molar-refractivity contribution in [3.05, 3.63) is 0 Å². The van der Waals surface area contributed by atoms with Crippen molar-refractivity contribution in [1.82, 2.24) is 4.90 Å². The fourth-order valence-corrected chi connectivity index (χ4v) is 4.67. The fourth-order valence-electron chi connectivity index (χ4n) is 1.84. The van der Waals surface area contributed by atoms with Gasteiger partial charge in [0.05, 0.1) is 0 Å². The summed E-state index contributed by atoms with van der Waals surface area (Å²) in [6, 6.07) is 0. The van der Waals surface area contributed by atoms with Gasteiger partial charge in [0.1, 0.15) is 5.37 Å². The van der Waals surface area contributed by atoms with Crippen molar-refractivity contribution in [3.8, 4) is 0 Å². The molecule has 17 heavy (non-hydrogen) atoms. The van der Waals surface area contributed by atoms with Crippen molar-refractivity contribution < 1.29 is 13.2 Å². The molecule has 2 unspecified atom stereocenters. The van der Waals surface area contributed by atoms with E-state index in [1.807, 2.05) is 0 Å². The van der Waals surface area contributed by atoms with Crippen molar-refractivity contribution in [2.45, 2.75) is 18.7 Å². The smallest absolute Gasteiger partial charge is 0.226 e. The van der Waals surface area contributed by atoms with Crippen molar-refractivity contribution in [3.63, 3.8) is 0 Å². The molecule has 100 valence electrons. The number of rotatable bonds is 4. The van der Waals surface area contributed by atoms with Crippen LogP contribution in [0.1, 0.15) is 13.3 Å². The molecule has 0 aromatic carbocycles. The molecular formula is C10H20N2O3S2. The molecule has 0 aromatic heterocycles. The molecule has 5 nitrogen and oxygen atoms in total. The van der Waals surface area contributed by atoms with Crippen LogP contribution in [0, 0.1) is 5.92 Å². The molecular weight excluding hydrogens is 260 g/mol. The van der Waals surface area contributed by atoms with Crippen LogP contribution in [0.2, 0.25) is 0 Å². The molecule has 2 atom stereocenters. The van der Waals surface area contributed by atoms with Gasteiger partial charge in [-0.2, -0.15) is 11.8 Å². The highest BCUT2D eigenvalue weighted by Crippen LogP contribution is 2.22. The Kier molecular flexibility index (Phi) is 5.27. The zero-order chi connectivity index (χ0) is 13.1. The van der Waals surface area contributed by atoms with E-state index in [4.69, 9.17) is 5.73 Å². The molecule has 1 amide bonds. The number of nitrogens with zero attached hydrogens (tertiary/aromatic N) is 1. The summed E-state index contributed by atoms with van der Waals surface area (Å²) in [6.45, 7) is 2.76. The Balaban J connectivity index is 2.81. The maximum atomic E-state index is 12.1. The van der Waals surface area contributed by atoms with Crippen LogP contribution in [0.5, 0.6) is 0 Å². The Morgan fingerprint density at radius 1 is 1.59 bits per heavy atom. The van der Waals surface area contributed by atoms with E-state index in [1.165, 1.54) is 11.2 Å². The zero-order valence-electron chi connectivity index (χ0n) is 10.3. The van der Waals surface area contributed by atoms with E-state index in [1.54, 1.807) is 18.7 Å². The first-order chi connectivity index (χ1) is 7.88. The van der Waals surface area contributed by atoms with Gasteiger partial charge in [-0.05, 0) is 13.0 Å². The van der Waals surface area contributed by atoms with Crippen LogP contribution in [-0.2, 0) is 14.6 Å². The van der Waals surface area contributed by atoms with Crippen LogP contribution >= 0.6 is 11.8 Å². The molecule has 0 bridgehead atoms. The van der Waals surface area contributed by atoms with Gasteiger partial charge in [-0.15, -0.1) is 0 Å². The summed E-state index contributed by atoms with van der Waals surface area (Å²) >= 11 is 1.58. The van der Waals surface area contributed by atoms with Gasteiger partial charge >= 0.3 is 0 Å². The molecule has 0 aliphatic carbocycles. The maximum absolute atomic E-state index is 12.1. The van der Waals surface area contributed by atoms with Gasteiger partial charge in [0.15, 0.2) is 9.84 Å². The summed E-state index contributed by atoms with van der Waals surface area (Å²) in [7, 11) is -3.22. The third-order valence-corrected chi connectivity index (χ3v) is 5.53. The summed E-state index contributed by atoms with van der Waals surface area (Å²) in [5, 5.41) is -0.672. The summed E-state index contributed by atoms with van der Waals surface area (Å²) < 4.78 is 23.3. The fraction of sp³-hybridized carbons (Fsp3) is 0.900. The van der Waals surface area contributed by atoms with E-state index in [0.717, 1.165) is 5.75 Å². The van der Waals surface area contributed by atoms with E-state index in [9.17, 15) is 13.2 Å². The molecule has 1 saturated heterocycles. The van der Waals surface area contributed by atoms with Gasteiger partial charge in [-0.25, -0.2) is 8.42 Å².